The van der Waals surface area contributed by atoms with Gasteiger partial charge in [0.1, 0.15) is 12.4 Å². The maximum Gasteiger partial charge on any atom is 0.153 e. The molecule has 2 rings (SSSR count). The van der Waals surface area contributed by atoms with Crippen LogP contribution >= 0.6 is 15.9 Å². The molecule has 6 heteroatoms. The molecule has 5 nitrogen and oxygen atoms in total. The highest BCUT2D eigenvalue weighted by Crippen LogP contribution is 2.21. The van der Waals surface area contributed by atoms with Gasteiger partial charge in [0.05, 0.1) is 11.7 Å². The fourth-order valence-electron chi connectivity index (χ4n) is 1.70. The Labute approximate surface area is 114 Å². The van der Waals surface area contributed by atoms with Gasteiger partial charge in [0.25, 0.3) is 0 Å². The molecule has 1 N–H and O–H groups in total. The number of benzene rings is 1. The van der Waals surface area contributed by atoms with Gasteiger partial charge >= 0.3 is 0 Å². The van der Waals surface area contributed by atoms with Crippen molar-refractivity contribution < 1.29 is 4.74 Å². The first-order valence-corrected chi connectivity index (χ1v) is 6.42. The van der Waals surface area contributed by atoms with Crippen LogP contribution in [-0.2, 0) is 7.05 Å². The Hall–Kier alpha value is -1.40. The molecular weight excluding hydrogens is 296 g/mol. The average molecular weight is 311 g/mol. The van der Waals surface area contributed by atoms with Gasteiger partial charge in [-0.1, -0.05) is 23.4 Å². The Bertz CT molecular complexity index is 481. The summed E-state index contributed by atoms with van der Waals surface area (Å²) in [6, 6.07) is 9.76. The molecule has 18 heavy (non-hydrogen) atoms. The number of aryl methyl sites for hydroxylation is 1. The van der Waals surface area contributed by atoms with Gasteiger partial charge in [-0.05, 0) is 35.1 Å². The van der Waals surface area contributed by atoms with Crippen molar-refractivity contribution in [1.82, 2.24) is 20.3 Å². The van der Waals surface area contributed by atoms with Crippen LogP contribution in [0, 0.1) is 0 Å². The predicted molar refractivity (Wildman–Crippen MR) is 72.4 cm³/mol. The third kappa shape index (κ3) is 2.88. The van der Waals surface area contributed by atoms with Crippen molar-refractivity contribution >= 4 is 15.9 Å². The van der Waals surface area contributed by atoms with Crippen molar-refractivity contribution in [3.63, 3.8) is 0 Å². The van der Waals surface area contributed by atoms with E-state index in [1.165, 1.54) is 0 Å². The van der Waals surface area contributed by atoms with Gasteiger partial charge in [0.2, 0.25) is 0 Å². The minimum Gasteiger partial charge on any atom is -0.492 e. The monoisotopic (exact) mass is 310 g/mol. The first-order valence-electron chi connectivity index (χ1n) is 5.62. The molecule has 1 aromatic carbocycles. The number of nitrogens with zero attached hydrogens (tertiary/aromatic N) is 3. The molecule has 0 fully saturated rings. The van der Waals surface area contributed by atoms with E-state index in [-0.39, 0.29) is 6.04 Å². The van der Waals surface area contributed by atoms with Crippen LogP contribution in [0.5, 0.6) is 5.75 Å². The molecule has 0 bridgehead atoms. The van der Waals surface area contributed by atoms with E-state index in [0.717, 1.165) is 16.0 Å². The predicted octanol–water partition coefficient (Wildman–Crippen LogP) is 1.92. The fourth-order valence-corrected chi connectivity index (χ4v) is 2.31. The minimum absolute atomic E-state index is 0.0274. The van der Waals surface area contributed by atoms with Crippen molar-refractivity contribution in [3.8, 4) is 5.75 Å². The highest BCUT2D eigenvalue weighted by molar-refractivity contribution is 9.10. The number of halogens is 1. The summed E-state index contributed by atoms with van der Waals surface area (Å²) in [7, 11) is 3.75. The topological polar surface area (TPSA) is 52.0 Å². The van der Waals surface area contributed by atoms with Gasteiger partial charge in [-0.3, -0.25) is 0 Å². The van der Waals surface area contributed by atoms with Crippen LogP contribution in [0.25, 0.3) is 0 Å². The summed E-state index contributed by atoms with van der Waals surface area (Å²) in [5, 5.41) is 11.1. The van der Waals surface area contributed by atoms with Crippen LogP contribution in [0.2, 0.25) is 0 Å². The SMILES string of the molecule is CNC(COc1ccccc1)c1c(Br)nnn1C. The van der Waals surface area contributed by atoms with Gasteiger partial charge in [-0.25, -0.2) is 4.68 Å². The second-order valence-electron chi connectivity index (χ2n) is 3.85. The number of likely N-dealkylation sites (N-methyl/N-ethyl adjacent to an activating group) is 1. The van der Waals surface area contributed by atoms with Crippen LogP contribution in [-0.4, -0.2) is 28.6 Å². The number of nitrogens with one attached hydrogen (secondary N) is 1. The van der Waals surface area contributed by atoms with Gasteiger partial charge in [-0.2, -0.15) is 0 Å². The van der Waals surface area contributed by atoms with E-state index in [2.05, 4.69) is 31.6 Å². The van der Waals surface area contributed by atoms with Gasteiger partial charge < -0.3 is 10.1 Å². The summed E-state index contributed by atoms with van der Waals surface area (Å²) >= 11 is 3.39. The lowest BCUT2D eigenvalue weighted by Crippen LogP contribution is -2.26. The van der Waals surface area contributed by atoms with Crippen molar-refractivity contribution in [2.45, 2.75) is 6.04 Å². The number of aromatic nitrogens is 3. The van der Waals surface area contributed by atoms with E-state index in [4.69, 9.17) is 4.74 Å². The van der Waals surface area contributed by atoms with E-state index < -0.39 is 0 Å². The number of ether oxygens (including phenoxy) is 1. The molecule has 0 saturated carbocycles. The molecule has 96 valence electrons. The second-order valence-corrected chi connectivity index (χ2v) is 4.61. The molecule has 1 unspecified atom stereocenters. The molecule has 0 aliphatic carbocycles. The zero-order valence-electron chi connectivity index (χ0n) is 10.3. The molecule has 0 spiro atoms. The summed E-state index contributed by atoms with van der Waals surface area (Å²) in [5.41, 5.74) is 0.966. The first kappa shape index (κ1) is 13.0. The van der Waals surface area contributed by atoms with Gasteiger partial charge in [0.15, 0.2) is 4.60 Å². The molecular formula is C12H15BrN4O. The molecule has 0 amide bonds. The normalized spacial score (nSPS) is 12.4. The molecule has 0 radical (unpaired) electrons. The summed E-state index contributed by atoms with van der Waals surface area (Å²) in [6.45, 7) is 0.514. The van der Waals surface area contributed by atoms with Gasteiger partial charge in [0, 0.05) is 7.05 Å². The number of rotatable bonds is 5. The molecule has 0 aliphatic rings. The number of hydrogen-bond acceptors (Lipinski definition) is 4. The third-order valence-corrected chi connectivity index (χ3v) is 3.23. The van der Waals surface area contributed by atoms with Crippen molar-refractivity contribution in [2.24, 2.45) is 7.05 Å². The van der Waals surface area contributed by atoms with Gasteiger partial charge in [-0.15, -0.1) is 5.10 Å². The zero-order chi connectivity index (χ0) is 13.0. The van der Waals surface area contributed by atoms with Crippen molar-refractivity contribution in [1.29, 1.82) is 0 Å². The average Bonchev–Trinajstić information content (AvgIpc) is 2.73. The molecule has 0 aliphatic heterocycles. The van der Waals surface area contributed by atoms with E-state index in [1.54, 1.807) is 4.68 Å². The van der Waals surface area contributed by atoms with Crippen LogP contribution in [0.4, 0.5) is 0 Å². The van der Waals surface area contributed by atoms with Crippen LogP contribution in [0.3, 0.4) is 0 Å². The smallest absolute Gasteiger partial charge is 0.153 e. The summed E-state index contributed by atoms with van der Waals surface area (Å²) < 4.78 is 8.21. The molecule has 0 saturated heterocycles. The lowest BCUT2D eigenvalue weighted by molar-refractivity contribution is 0.266. The van der Waals surface area contributed by atoms with Crippen LogP contribution in [0.15, 0.2) is 34.9 Å². The molecule has 2 aromatic rings. The van der Waals surface area contributed by atoms with Crippen molar-refractivity contribution in [3.05, 3.63) is 40.6 Å². The van der Waals surface area contributed by atoms with E-state index in [9.17, 15) is 0 Å². The maximum atomic E-state index is 5.74. The summed E-state index contributed by atoms with van der Waals surface area (Å²) in [6.07, 6.45) is 0. The minimum atomic E-state index is 0.0274. The Morgan fingerprint density at radius 1 is 1.39 bits per heavy atom. The highest BCUT2D eigenvalue weighted by atomic mass is 79.9. The lowest BCUT2D eigenvalue weighted by Gasteiger charge is -2.17. The molecule has 1 aromatic heterocycles. The second kappa shape index (κ2) is 5.97. The maximum absolute atomic E-state index is 5.74. The Balaban J connectivity index is 2.07. The Morgan fingerprint density at radius 3 is 2.67 bits per heavy atom. The van der Waals surface area contributed by atoms with Crippen LogP contribution in [0.1, 0.15) is 11.7 Å². The Kier molecular flexibility index (Phi) is 4.33. The highest BCUT2D eigenvalue weighted by Gasteiger charge is 2.19. The largest absolute Gasteiger partial charge is 0.492 e. The summed E-state index contributed by atoms with van der Waals surface area (Å²) in [4.78, 5) is 0. The number of hydrogen-bond donors (Lipinski definition) is 1. The van der Waals surface area contributed by atoms with E-state index in [1.807, 2.05) is 44.4 Å². The van der Waals surface area contributed by atoms with Crippen molar-refractivity contribution in [2.75, 3.05) is 13.7 Å². The third-order valence-electron chi connectivity index (χ3n) is 2.67. The van der Waals surface area contributed by atoms with Crippen LogP contribution < -0.4 is 10.1 Å². The van der Waals surface area contributed by atoms with E-state index >= 15 is 0 Å². The molecule has 1 atom stereocenters. The Morgan fingerprint density at radius 2 is 2.11 bits per heavy atom. The lowest BCUT2D eigenvalue weighted by atomic mass is 10.2. The summed E-state index contributed by atoms with van der Waals surface area (Å²) in [5.74, 6) is 0.851. The zero-order valence-corrected chi connectivity index (χ0v) is 11.9. The molecule has 1 heterocycles. The quantitative estimate of drug-likeness (QED) is 0.916. The van der Waals surface area contributed by atoms with E-state index in [0.29, 0.717) is 6.61 Å². The standard InChI is InChI=1S/C12H15BrN4O/c1-14-10(11-12(13)15-16-17(11)2)8-18-9-6-4-3-5-7-9/h3-7,10,14H,8H2,1-2H3. The first-order chi connectivity index (χ1) is 8.72. The number of para-hydroxylation sites is 1. The fraction of sp³-hybridized carbons (Fsp3) is 0.333.